The third kappa shape index (κ3) is 3.94. The minimum atomic E-state index is -3.49. The van der Waals surface area contributed by atoms with Gasteiger partial charge in [-0.3, -0.25) is 0 Å². The molecule has 1 aromatic carbocycles. The number of sulfonamides is 1. The first kappa shape index (κ1) is 19.3. The highest BCUT2D eigenvalue weighted by Gasteiger charge is 2.27. The van der Waals surface area contributed by atoms with Crippen LogP contribution in [0.15, 0.2) is 23.1 Å². The Morgan fingerprint density at radius 3 is 2.25 bits per heavy atom. The smallest absolute Gasteiger partial charge is 0.243 e. The summed E-state index contributed by atoms with van der Waals surface area (Å²) in [6.07, 6.45) is 0. The molecule has 0 saturated carbocycles. The molecule has 2 saturated heterocycles. The van der Waals surface area contributed by atoms with E-state index in [2.05, 4.69) is 16.8 Å². The van der Waals surface area contributed by atoms with E-state index in [1.165, 1.54) is 4.31 Å². The van der Waals surface area contributed by atoms with Crippen molar-refractivity contribution in [1.82, 2.24) is 9.21 Å². The van der Waals surface area contributed by atoms with Gasteiger partial charge in [-0.05, 0) is 25.2 Å². The SMILES string of the molecule is CN1CCN(c2ccc(S(=O)(=O)N3CCOCC3)cc2N)CC1.Cl. The van der Waals surface area contributed by atoms with Gasteiger partial charge in [0.25, 0.3) is 0 Å². The molecule has 0 radical (unpaired) electrons. The zero-order valence-electron chi connectivity index (χ0n) is 13.8. The molecule has 0 amide bonds. The maximum Gasteiger partial charge on any atom is 0.243 e. The Morgan fingerprint density at radius 2 is 1.67 bits per heavy atom. The predicted molar refractivity (Wildman–Crippen MR) is 97.4 cm³/mol. The summed E-state index contributed by atoms with van der Waals surface area (Å²) in [7, 11) is -1.40. The van der Waals surface area contributed by atoms with Crippen molar-refractivity contribution in [3.63, 3.8) is 0 Å². The van der Waals surface area contributed by atoms with E-state index in [9.17, 15) is 8.42 Å². The van der Waals surface area contributed by atoms with Crippen LogP contribution >= 0.6 is 12.4 Å². The number of nitrogens with zero attached hydrogens (tertiary/aromatic N) is 3. The molecule has 1 aromatic rings. The summed E-state index contributed by atoms with van der Waals surface area (Å²) in [6.45, 7) is 5.42. The highest BCUT2D eigenvalue weighted by atomic mass is 35.5. The molecule has 2 N–H and O–H groups in total. The lowest BCUT2D eigenvalue weighted by Gasteiger charge is -2.35. The quantitative estimate of drug-likeness (QED) is 0.772. The van der Waals surface area contributed by atoms with Gasteiger partial charge in [0, 0.05) is 39.3 Å². The summed E-state index contributed by atoms with van der Waals surface area (Å²) in [5.74, 6) is 0. The molecular formula is C15H25ClN4O3S. The van der Waals surface area contributed by atoms with Gasteiger partial charge in [-0.15, -0.1) is 12.4 Å². The molecule has 0 unspecified atom stereocenters. The molecule has 0 spiro atoms. The third-order valence-corrected chi connectivity index (χ3v) is 6.35. The largest absolute Gasteiger partial charge is 0.397 e. The molecule has 7 nitrogen and oxygen atoms in total. The van der Waals surface area contributed by atoms with Crippen molar-refractivity contribution >= 4 is 33.8 Å². The van der Waals surface area contributed by atoms with Crippen LogP contribution in [0.2, 0.25) is 0 Å². The minimum Gasteiger partial charge on any atom is -0.397 e. The summed E-state index contributed by atoms with van der Waals surface area (Å²) in [5, 5.41) is 0. The van der Waals surface area contributed by atoms with Crippen molar-refractivity contribution in [3.05, 3.63) is 18.2 Å². The Hall–Kier alpha value is -1.06. The Kier molecular flexibility index (Phi) is 6.33. The number of anilines is 2. The van der Waals surface area contributed by atoms with Gasteiger partial charge in [-0.2, -0.15) is 4.31 Å². The van der Waals surface area contributed by atoms with Gasteiger partial charge in [0.2, 0.25) is 10.0 Å². The van der Waals surface area contributed by atoms with Crippen molar-refractivity contribution in [1.29, 1.82) is 0 Å². The molecule has 2 aliphatic heterocycles. The second-order valence-electron chi connectivity index (χ2n) is 6.03. The Morgan fingerprint density at radius 1 is 1.04 bits per heavy atom. The number of hydrogen-bond acceptors (Lipinski definition) is 6. The number of nitrogen functional groups attached to an aromatic ring is 1. The maximum absolute atomic E-state index is 12.7. The average molecular weight is 377 g/mol. The molecule has 24 heavy (non-hydrogen) atoms. The van der Waals surface area contributed by atoms with E-state index in [0.717, 1.165) is 31.9 Å². The monoisotopic (exact) mass is 376 g/mol. The van der Waals surface area contributed by atoms with Crippen LogP contribution in [0.1, 0.15) is 0 Å². The zero-order valence-corrected chi connectivity index (χ0v) is 15.5. The van der Waals surface area contributed by atoms with E-state index in [0.29, 0.717) is 32.0 Å². The maximum atomic E-state index is 12.7. The summed E-state index contributed by atoms with van der Waals surface area (Å²) in [6, 6.07) is 5.07. The van der Waals surface area contributed by atoms with Gasteiger partial charge >= 0.3 is 0 Å². The molecule has 2 heterocycles. The normalized spacial score (nSPS) is 20.6. The van der Waals surface area contributed by atoms with Gasteiger partial charge in [0.05, 0.1) is 29.5 Å². The first-order valence-electron chi connectivity index (χ1n) is 7.89. The van der Waals surface area contributed by atoms with Crippen LogP contribution in [0.25, 0.3) is 0 Å². The average Bonchev–Trinajstić information content (AvgIpc) is 2.56. The fourth-order valence-corrected chi connectivity index (χ4v) is 4.41. The molecule has 0 aliphatic carbocycles. The second-order valence-corrected chi connectivity index (χ2v) is 7.97. The first-order chi connectivity index (χ1) is 11.0. The van der Waals surface area contributed by atoms with Gasteiger partial charge in [-0.25, -0.2) is 8.42 Å². The van der Waals surface area contributed by atoms with Gasteiger partial charge in [0.15, 0.2) is 0 Å². The van der Waals surface area contributed by atoms with E-state index in [1.54, 1.807) is 12.1 Å². The molecule has 9 heteroatoms. The number of rotatable bonds is 3. The Labute approximate surface area is 149 Å². The molecular weight excluding hydrogens is 352 g/mol. The number of benzene rings is 1. The van der Waals surface area contributed by atoms with Crippen molar-refractivity contribution in [3.8, 4) is 0 Å². The molecule has 2 aliphatic rings. The number of hydrogen-bond donors (Lipinski definition) is 1. The topological polar surface area (TPSA) is 79.1 Å². The van der Waals surface area contributed by atoms with Crippen molar-refractivity contribution in [2.75, 3.05) is 70.2 Å². The van der Waals surface area contributed by atoms with Gasteiger partial charge in [0.1, 0.15) is 0 Å². The number of halogens is 1. The minimum absolute atomic E-state index is 0. The third-order valence-electron chi connectivity index (χ3n) is 4.45. The van der Waals surface area contributed by atoms with Crippen LogP contribution in [-0.4, -0.2) is 77.2 Å². The molecule has 2 fully saturated rings. The van der Waals surface area contributed by atoms with Crippen LogP contribution in [0, 0.1) is 0 Å². The van der Waals surface area contributed by atoms with Gasteiger partial charge < -0.3 is 20.3 Å². The van der Waals surface area contributed by atoms with Crippen molar-refractivity contribution in [2.45, 2.75) is 4.90 Å². The number of morpholine rings is 1. The van der Waals surface area contributed by atoms with E-state index in [1.807, 2.05) is 6.07 Å². The van der Waals surface area contributed by atoms with Crippen LogP contribution in [0.5, 0.6) is 0 Å². The molecule has 0 aromatic heterocycles. The van der Waals surface area contributed by atoms with Crippen LogP contribution in [0.4, 0.5) is 11.4 Å². The Balaban J connectivity index is 0.00000208. The molecule has 0 bridgehead atoms. The zero-order chi connectivity index (χ0) is 16.4. The molecule has 3 rings (SSSR count). The first-order valence-corrected chi connectivity index (χ1v) is 9.33. The second kappa shape index (κ2) is 7.88. The number of ether oxygens (including phenoxy) is 1. The molecule has 136 valence electrons. The predicted octanol–water partition coefficient (Wildman–Crippen LogP) is 0.463. The summed E-state index contributed by atoms with van der Waals surface area (Å²) >= 11 is 0. The van der Waals surface area contributed by atoms with Crippen molar-refractivity contribution in [2.24, 2.45) is 0 Å². The van der Waals surface area contributed by atoms with Crippen LogP contribution in [0.3, 0.4) is 0 Å². The highest BCUT2D eigenvalue weighted by Crippen LogP contribution is 2.28. The van der Waals surface area contributed by atoms with E-state index in [4.69, 9.17) is 10.5 Å². The van der Waals surface area contributed by atoms with E-state index >= 15 is 0 Å². The lowest BCUT2D eigenvalue weighted by atomic mass is 10.2. The van der Waals surface area contributed by atoms with E-state index < -0.39 is 10.0 Å². The van der Waals surface area contributed by atoms with Crippen LogP contribution in [-0.2, 0) is 14.8 Å². The summed E-state index contributed by atoms with van der Waals surface area (Å²) in [4.78, 5) is 4.74. The fraction of sp³-hybridized carbons (Fsp3) is 0.600. The van der Waals surface area contributed by atoms with Gasteiger partial charge in [-0.1, -0.05) is 0 Å². The lowest BCUT2D eigenvalue weighted by molar-refractivity contribution is 0.0730. The number of likely N-dealkylation sites (N-methyl/N-ethyl adjacent to an activating group) is 1. The fourth-order valence-electron chi connectivity index (χ4n) is 2.96. The van der Waals surface area contributed by atoms with E-state index in [-0.39, 0.29) is 17.3 Å². The van der Waals surface area contributed by atoms with Crippen molar-refractivity contribution < 1.29 is 13.2 Å². The highest BCUT2D eigenvalue weighted by molar-refractivity contribution is 7.89. The molecule has 0 atom stereocenters. The summed E-state index contributed by atoms with van der Waals surface area (Å²) < 4.78 is 32.0. The number of piperazine rings is 1. The Bertz CT molecular complexity index is 657. The standard InChI is InChI=1S/C15H24N4O3S.ClH/c1-17-4-6-18(7-5-17)15-3-2-13(12-14(15)16)23(20,21)19-8-10-22-11-9-19;/h2-3,12H,4-11,16H2,1H3;1H. The van der Waals surface area contributed by atoms with Crippen LogP contribution < -0.4 is 10.6 Å². The number of nitrogens with two attached hydrogens (primary N) is 1. The lowest BCUT2D eigenvalue weighted by Crippen LogP contribution is -2.44. The summed E-state index contributed by atoms with van der Waals surface area (Å²) in [5.41, 5.74) is 7.58.